The molecule has 0 bridgehead atoms. The van der Waals surface area contributed by atoms with Crippen molar-refractivity contribution >= 4 is 22.4 Å². The van der Waals surface area contributed by atoms with Crippen molar-refractivity contribution in [3.63, 3.8) is 0 Å². The first-order chi connectivity index (χ1) is 12.9. The van der Waals surface area contributed by atoms with Gasteiger partial charge >= 0.3 is 10.5 Å². The van der Waals surface area contributed by atoms with Gasteiger partial charge in [0.05, 0.1) is 13.2 Å². The number of anilines is 1. The highest BCUT2D eigenvalue weighted by Crippen LogP contribution is 2.24. The highest BCUT2D eigenvalue weighted by molar-refractivity contribution is 7.81. The number of hydrogen-bond donors (Lipinski definition) is 1. The van der Waals surface area contributed by atoms with Crippen LogP contribution in [-0.4, -0.2) is 55.5 Å². The van der Waals surface area contributed by atoms with Gasteiger partial charge in [-0.1, -0.05) is 16.0 Å². The molecule has 2 aromatic rings. The van der Waals surface area contributed by atoms with E-state index in [1.165, 1.54) is 36.7 Å². The van der Waals surface area contributed by atoms with E-state index in [0.717, 1.165) is 0 Å². The van der Waals surface area contributed by atoms with E-state index in [4.69, 9.17) is 4.74 Å². The highest BCUT2D eigenvalue weighted by atomic mass is 32.3. The van der Waals surface area contributed by atoms with Gasteiger partial charge in [-0.25, -0.2) is 9.97 Å². The summed E-state index contributed by atoms with van der Waals surface area (Å²) >= 11 is 0. The van der Waals surface area contributed by atoms with Crippen molar-refractivity contribution < 1.29 is 26.0 Å². The standard InChI is InChI=1S/C16H17FN4O5S/c17-27(23,24)26-13-4-2-12(3-5-13)14(20-16-18-6-1-7-19-16)15(22)21-8-10-25-11-9-21/h1-7,14H,8-11H2,(H,18,19,20). The number of halogens is 1. The molecule has 11 heteroatoms. The second-order valence-electron chi connectivity index (χ2n) is 5.63. The predicted molar refractivity (Wildman–Crippen MR) is 92.9 cm³/mol. The van der Waals surface area contributed by atoms with Crippen molar-refractivity contribution in [2.24, 2.45) is 0 Å². The summed E-state index contributed by atoms with van der Waals surface area (Å²) in [6.45, 7) is 1.80. The first-order valence-electron chi connectivity index (χ1n) is 8.06. The molecule has 27 heavy (non-hydrogen) atoms. The lowest BCUT2D eigenvalue weighted by Gasteiger charge is -2.31. The van der Waals surface area contributed by atoms with Crippen LogP contribution in [0.5, 0.6) is 5.75 Å². The van der Waals surface area contributed by atoms with Crippen LogP contribution in [0.25, 0.3) is 0 Å². The number of nitrogens with zero attached hydrogens (tertiary/aromatic N) is 3. The number of rotatable bonds is 6. The normalized spacial score (nSPS) is 15.8. The summed E-state index contributed by atoms with van der Waals surface area (Å²) in [5.74, 6) is -0.150. The Morgan fingerprint density at radius 1 is 1.19 bits per heavy atom. The summed E-state index contributed by atoms with van der Waals surface area (Å²) in [4.78, 5) is 22.8. The van der Waals surface area contributed by atoms with Crippen LogP contribution in [0.4, 0.5) is 9.83 Å². The van der Waals surface area contributed by atoms with Gasteiger partial charge in [0.25, 0.3) is 0 Å². The molecule has 0 radical (unpaired) electrons. The first-order valence-corrected chi connectivity index (χ1v) is 9.37. The maximum absolute atomic E-state index is 13.0. The van der Waals surface area contributed by atoms with Gasteiger partial charge in [-0.15, -0.1) is 0 Å². The number of benzene rings is 1. The number of carbonyl (C=O) groups excluding carboxylic acids is 1. The van der Waals surface area contributed by atoms with E-state index in [1.54, 1.807) is 11.0 Å². The van der Waals surface area contributed by atoms with Crippen LogP contribution in [0.1, 0.15) is 11.6 Å². The van der Waals surface area contributed by atoms with Crippen LogP contribution in [0.15, 0.2) is 42.7 Å². The van der Waals surface area contributed by atoms with Crippen LogP contribution in [0.3, 0.4) is 0 Å². The topological polar surface area (TPSA) is 111 Å². The lowest BCUT2D eigenvalue weighted by Crippen LogP contribution is -2.44. The quantitative estimate of drug-likeness (QED) is 0.722. The molecule has 0 spiro atoms. The van der Waals surface area contributed by atoms with Crippen molar-refractivity contribution in [1.29, 1.82) is 0 Å². The van der Waals surface area contributed by atoms with Crippen molar-refractivity contribution in [3.05, 3.63) is 48.3 Å². The Labute approximate surface area is 155 Å². The van der Waals surface area contributed by atoms with Crippen LogP contribution in [-0.2, 0) is 20.0 Å². The highest BCUT2D eigenvalue weighted by Gasteiger charge is 2.28. The number of nitrogens with one attached hydrogen (secondary N) is 1. The van der Waals surface area contributed by atoms with E-state index < -0.39 is 16.5 Å². The van der Waals surface area contributed by atoms with Gasteiger partial charge in [0, 0.05) is 25.5 Å². The van der Waals surface area contributed by atoms with E-state index in [-0.39, 0.29) is 17.6 Å². The summed E-state index contributed by atoms with van der Waals surface area (Å²) in [5, 5.41) is 2.97. The fourth-order valence-corrected chi connectivity index (χ4v) is 2.93. The predicted octanol–water partition coefficient (Wildman–Crippen LogP) is 1.08. The van der Waals surface area contributed by atoms with Gasteiger partial charge in [0.1, 0.15) is 11.8 Å². The fourth-order valence-electron chi connectivity index (χ4n) is 2.59. The Morgan fingerprint density at radius 3 is 2.41 bits per heavy atom. The maximum Gasteiger partial charge on any atom is 0.488 e. The minimum atomic E-state index is -5.12. The molecule has 3 rings (SSSR count). The van der Waals surface area contributed by atoms with Gasteiger partial charge in [0.2, 0.25) is 11.9 Å². The molecule has 1 N–H and O–H groups in total. The minimum absolute atomic E-state index is 0.199. The maximum atomic E-state index is 13.0. The van der Waals surface area contributed by atoms with Crippen LogP contribution in [0, 0.1) is 0 Å². The Balaban J connectivity index is 1.85. The molecule has 1 aromatic heterocycles. The summed E-state index contributed by atoms with van der Waals surface area (Å²) < 4.78 is 43.3. The summed E-state index contributed by atoms with van der Waals surface area (Å²) in [6.07, 6.45) is 3.07. The summed E-state index contributed by atoms with van der Waals surface area (Å²) in [5.41, 5.74) is 0.516. The molecular formula is C16H17FN4O5S. The molecule has 144 valence electrons. The van der Waals surface area contributed by atoms with Gasteiger partial charge in [0.15, 0.2) is 0 Å². The fraction of sp³-hybridized carbons (Fsp3) is 0.312. The molecule has 1 amide bonds. The molecule has 1 unspecified atom stereocenters. The van der Waals surface area contributed by atoms with Gasteiger partial charge in [-0.05, 0) is 23.8 Å². The molecule has 1 aromatic carbocycles. The third-order valence-corrected chi connectivity index (χ3v) is 4.21. The molecular weight excluding hydrogens is 379 g/mol. The zero-order chi connectivity index (χ0) is 19.3. The number of morpholine rings is 1. The second-order valence-corrected chi connectivity index (χ2v) is 6.59. The van der Waals surface area contributed by atoms with E-state index >= 15 is 0 Å². The third kappa shape index (κ3) is 5.34. The minimum Gasteiger partial charge on any atom is -0.378 e. The molecule has 1 fully saturated rings. The Bertz CT molecular complexity index is 873. The lowest BCUT2D eigenvalue weighted by atomic mass is 10.1. The Morgan fingerprint density at radius 2 is 1.81 bits per heavy atom. The van der Waals surface area contributed by atoms with Gasteiger partial charge < -0.3 is 19.1 Å². The number of hydrogen-bond acceptors (Lipinski definition) is 8. The van der Waals surface area contributed by atoms with E-state index in [9.17, 15) is 17.1 Å². The number of ether oxygens (including phenoxy) is 1. The van der Waals surface area contributed by atoms with Crippen LogP contribution in [0.2, 0.25) is 0 Å². The molecule has 0 aliphatic carbocycles. The number of amides is 1. The Kier molecular flexibility index (Phi) is 5.81. The summed E-state index contributed by atoms with van der Waals surface area (Å²) in [7, 11) is -5.12. The molecule has 1 aliphatic rings. The third-order valence-electron chi connectivity index (χ3n) is 3.82. The first kappa shape index (κ1) is 19.0. The average molecular weight is 396 g/mol. The van der Waals surface area contributed by atoms with Crippen molar-refractivity contribution in [3.8, 4) is 5.75 Å². The molecule has 1 atom stereocenters. The second kappa shape index (κ2) is 8.27. The van der Waals surface area contributed by atoms with Gasteiger partial charge in [-0.3, -0.25) is 4.79 Å². The smallest absolute Gasteiger partial charge is 0.378 e. The summed E-state index contributed by atoms with van der Waals surface area (Å²) in [6, 6.07) is 6.30. The molecule has 9 nitrogen and oxygen atoms in total. The van der Waals surface area contributed by atoms with Crippen molar-refractivity contribution in [1.82, 2.24) is 14.9 Å². The van der Waals surface area contributed by atoms with Gasteiger partial charge in [-0.2, -0.15) is 8.42 Å². The monoisotopic (exact) mass is 396 g/mol. The molecule has 0 saturated carbocycles. The average Bonchev–Trinajstić information content (AvgIpc) is 2.67. The number of aromatic nitrogens is 2. The SMILES string of the molecule is O=C(C(Nc1ncccn1)c1ccc(OS(=O)(=O)F)cc1)N1CCOCC1. The zero-order valence-corrected chi connectivity index (χ0v) is 14.9. The van der Waals surface area contributed by atoms with E-state index in [2.05, 4.69) is 19.5 Å². The van der Waals surface area contributed by atoms with Crippen molar-refractivity contribution in [2.75, 3.05) is 31.6 Å². The van der Waals surface area contributed by atoms with Crippen LogP contribution < -0.4 is 9.50 Å². The van der Waals surface area contributed by atoms with Crippen molar-refractivity contribution in [2.45, 2.75) is 6.04 Å². The number of carbonyl (C=O) groups is 1. The zero-order valence-electron chi connectivity index (χ0n) is 14.1. The van der Waals surface area contributed by atoms with Crippen LogP contribution >= 0.6 is 0 Å². The largest absolute Gasteiger partial charge is 0.488 e. The van der Waals surface area contributed by atoms with E-state index in [0.29, 0.717) is 31.9 Å². The molecule has 1 aliphatic heterocycles. The molecule has 1 saturated heterocycles. The van der Waals surface area contributed by atoms with E-state index in [1.807, 2.05) is 0 Å². The molecule has 2 heterocycles. The lowest BCUT2D eigenvalue weighted by molar-refractivity contribution is -0.136. The Hall–Kier alpha value is -2.79.